The van der Waals surface area contributed by atoms with Crippen molar-refractivity contribution >= 4 is 33.3 Å². The molecule has 0 aromatic heterocycles. The van der Waals surface area contributed by atoms with Crippen LogP contribution >= 0.6 is 15.9 Å². The summed E-state index contributed by atoms with van der Waals surface area (Å²) in [6.45, 7) is 3.95. The number of ether oxygens (including phenoxy) is 1. The number of halogens is 1. The van der Waals surface area contributed by atoms with Gasteiger partial charge in [-0.1, -0.05) is 22.5 Å². The topological polar surface area (TPSA) is 46.6 Å². The van der Waals surface area contributed by atoms with Gasteiger partial charge < -0.3 is 4.74 Å². The fraction of sp³-hybridized carbons (Fsp3) is 0.167. The molecule has 1 aliphatic rings. The number of Topliss-reactive ketones (excluding diaryl/α,β-unsaturated/α-hetero) is 1. The molecule has 88 valence electrons. The molecule has 0 fully saturated rings. The molecule has 0 saturated carbocycles. The largest absolute Gasteiger partial charge is 0.497 e. The number of fused-ring (bicyclic) bond motifs is 1. The van der Waals surface area contributed by atoms with Crippen LogP contribution in [0.25, 0.3) is 0 Å². The first-order valence-corrected chi connectivity index (χ1v) is 5.71. The minimum Gasteiger partial charge on any atom is -0.497 e. The molecule has 0 unspecified atom stereocenters. The third-order valence-corrected chi connectivity index (χ3v) is 2.76. The van der Waals surface area contributed by atoms with E-state index in [1.54, 1.807) is 18.2 Å². The Hall–Kier alpha value is -1.62. The first kappa shape index (κ1) is 11.9. The molecule has 0 spiro atoms. The lowest BCUT2D eigenvalue weighted by Gasteiger charge is -2.15. The number of ketones is 1. The molecule has 5 heteroatoms. The molecule has 0 bridgehead atoms. The Morgan fingerprint density at radius 2 is 2.18 bits per heavy atom. The number of benzene rings is 1. The van der Waals surface area contributed by atoms with E-state index in [2.05, 4.69) is 22.5 Å². The van der Waals surface area contributed by atoms with Crippen LogP contribution in [0.2, 0.25) is 0 Å². The SMILES string of the molecule is C=C(Br)CN1C(=O)C(=O)c2cc(OC)ccc21. The van der Waals surface area contributed by atoms with Crippen molar-refractivity contribution in [1.29, 1.82) is 0 Å². The second-order valence-corrected chi connectivity index (χ2v) is 4.74. The van der Waals surface area contributed by atoms with E-state index in [9.17, 15) is 9.59 Å². The van der Waals surface area contributed by atoms with Crippen molar-refractivity contribution in [3.63, 3.8) is 0 Å². The van der Waals surface area contributed by atoms with Gasteiger partial charge in [-0.2, -0.15) is 0 Å². The number of anilines is 1. The fourth-order valence-corrected chi connectivity index (χ4v) is 1.99. The van der Waals surface area contributed by atoms with Gasteiger partial charge in [0, 0.05) is 4.48 Å². The average Bonchev–Trinajstić information content (AvgIpc) is 2.54. The summed E-state index contributed by atoms with van der Waals surface area (Å²) < 4.78 is 5.67. The van der Waals surface area contributed by atoms with E-state index in [0.717, 1.165) is 0 Å². The Kier molecular flexibility index (Phi) is 3.02. The number of amides is 1. The molecular formula is C12H10BrNO3. The van der Waals surface area contributed by atoms with Gasteiger partial charge in [-0.25, -0.2) is 0 Å². The molecule has 1 aromatic carbocycles. The van der Waals surface area contributed by atoms with E-state index < -0.39 is 11.7 Å². The Morgan fingerprint density at radius 3 is 2.76 bits per heavy atom. The third-order valence-electron chi connectivity index (χ3n) is 2.51. The number of carbonyl (C=O) groups excluding carboxylic acids is 2. The number of methoxy groups -OCH3 is 1. The lowest BCUT2D eigenvalue weighted by Crippen LogP contribution is -2.30. The van der Waals surface area contributed by atoms with Crippen molar-refractivity contribution < 1.29 is 14.3 Å². The fourth-order valence-electron chi connectivity index (χ4n) is 1.74. The van der Waals surface area contributed by atoms with Crippen molar-refractivity contribution in [2.45, 2.75) is 0 Å². The quantitative estimate of drug-likeness (QED) is 0.803. The van der Waals surface area contributed by atoms with Crippen molar-refractivity contribution in [1.82, 2.24) is 0 Å². The molecule has 0 aliphatic carbocycles. The van der Waals surface area contributed by atoms with Crippen LogP contribution in [0, 0.1) is 0 Å². The first-order chi connectivity index (χ1) is 8.04. The summed E-state index contributed by atoms with van der Waals surface area (Å²) in [6, 6.07) is 4.99. The van der Waals surface area contributed by atoms with E-state index in [-0.39, 0.29) is 6.54 Å². The number of hydrogen-bond acceptors (Lipinski definition) is 3. The lowest BCUT2D eigenvalue weighted by atomic mass is 10.1. The molecule has 1 amide bonds. The van der Waals surface area contributed by atoms with Gasteiger partial charge in [0.1, 0.15) is 5.75 Å². The zero-order valence-electron chi connectivity index (χ0n) is 9.20. The van der Waals surface area contributed by atoms with E-state index in [1.165, 1.54) is 12.0 Å². The second-order valence-electron chi connectivity index (χ2n) is 3.62. The smallest absolute Gasteiger partial charge is 0.299 e. The van der Waals surface area contributed by atoms with Gasteiger partial charge in [0.2, 0.25) is 0 Å². The number of hydrogen-bond donors (Lipinski definition) is 0. The molecule has 0 saturated heterocycles. The Labute approximate surface area is 107 Å². The van der Waals surface area contributed by atoms with Gasteiger partial charge in [-0.05, 0) is 18.2 Å². The highest BCUT2D eigenvalue weighted by Crippen LogP contribution is 2.32. The molecule has 2 rings (SSSR count). The normalized spacial score (nSPS) is 13.9. The summed E-state index contributed by atoms with van der Waals surface area (Å²) in [5.41, 5.74) is 0.976. The summed E-state index contributed by atoms with van der Waals surface area (Å²) in [4.78, 5) is 24.9. The van der Waals surface area contributed by atoms with Crippen LogP contribution in [0.4, 0.5) is 5.69 Å². The van der Waals surface area contributed by atoms with Crippen LogP contribution in [0.15, 0.2) is 29.3 Å². The molecule has 1 heterocycles. The lowest BCUT2D eigenvalue weighted by molar-refractivity contribution is -0.114. The van der Waals surface area contributed by atoms with E-state index in [4.69, 9.17) is 4.74 Å². The van der Waals surface area contributed by atoms with Gasteiger partial charge in [-0.15, -0.1) is 0 Å². The van der Waals surface area contributed by atoms with Crippen molar-refractivity contribution in [2.24, 2.45) is 0 Å². The Morgan fingerprint density at radius 1 is 1.47 bits per heavy atom. The van der Waals surface area contributed by atoms with Gasteiger partial charge in [0.25, 0.3) is 11.7 Å². The minimum atomic E-state index is -0.533. The molecule has 17 heavy (non-hydrogen) atoms. The summed E-state index contributed by atoms with van der Waals surface area (Å²) >= 11 is 3.19. The van der Waals surface area contributed by atoms with Gasteiger partial charge in [0.05, 0.1) is 24.9 Å². The highest BCUT2D eigenvalue weighted by molar-refractivity contribution is 9.11. The van der Waals surface area contributed by atoms with E-state index in [0.29, 0.717) is 21.5 Å². The maximum Gasteiger partial charge on any atom is 0.299 e. The minimum absolute atomic E-state index is 0.282. The van der Waals surface area contributed by atoms with E-state index >= 15 is 0 Å². The molecule has 1 aliphatic heterocycles. The predicted molar refractivity (Wildman–Crippen MR) is 67.7 cm³/mol. The third kappa shape index (κ3) is 1.98. The highest BCUT2D eigenvalue weighted by Gasteiger charge is 2.35. The van der Waals surface area contributed by atoms with Crippen LogP contribution in [-0.2, 0) is 4.79 Å². The van der Waals surface area contributed by atoms with Gasteiger partial charge in [0.15, 0.2) is 0 Å². The van der Waals surface area contributed by atoms with Crippen molar-refractivity contribution in [2.75, 3.05) is 18.6 Å². The molecule has 0 N–H and O–H groups in total. The summed E-state index contributed by atoms with van der Waals surface area (Å²) in [6.07, 6.45) is 0. The molecule has 4 nitrogen and oxygen atoms in total. The average molecular weight is 296 g/mol. The molecule has 1 aromatic rings. The van der Waals surface area contributed by atoms with Crippen LogP contribution in [0.3, 0.4) is 0 Å². The van der Waals surface area contributed by atoms with Crippen molar-refractivity contribution in [3.8, 4) is 5.75 Å². The van der Waals surface area contributed by atoms with Gasteiger partial charge in [-0.3, -0.25) is 14.5 Å². The Bertz CT molecular complexity index is 524. The second kappa shape index (κ2) is 4.33. The van der Waals surface area contributed by atoms with Crippen LogP contribution < -0.4 is 9.64 Å². The Balaban J connectivity index is 2.47. The predicted octanol–water partition coefficient (Wildman–Crippen LogP) is 2.13. The number of nitrogens with zero attached hydrogens (tertiary/aromatic N) is 1. The number of carbonyl (C=O) groups is 2. The molecule has 0 atom stereocenters. The number of rotatable bonds is 3. The summed E-state index contributed by atoms with van der Waals surface area (Å²) in [7, 11) is 1.51. The summed E-state index contributed by atoms with van der Waals surface area (Å²) in [5.74, 6) is -0.481. The van der Waals surface area contributed by atoms with E-state index in [1.807, 2.05) is 0 Å². The van der Waals surface area contributed by atoms with Crippen LogP contribution in [0.1, 0.15) is 10.4 Å². The molecule has 0 radical (unpaired) electrons. The van der Waals surface area contributed by atoms with Crippen LogP contribution in [-0.4, -0.2) is 25.3 Å². The zero-order valence-corrected chi connectivity index (χ0v) is 10.8. The highest BCUT2D eigenvalue weighted by atomic mass is 79.9. The monoisotopic (exact) mass is 295 g/mol. The molecular weight excluding hydrogens is 286 g/mol. The zero-order chi connectivity index (χ0) is 12.6. The van der Waals surface area contributed by atoms with Crippen molar-refractivity contribution in [3.05, 3.63) is 34.8 Å². The standard InChI is InChI=1S/C12H10BrNO3/c1-7(13)6-14-10-4-3-8(17-2)5-9(10)11(15)12(14)16/h3-5H,1,6H2,2H3. The van der Waals surface area contributed by atoms with Crippen LogP contribution in [0.5, 0.6) is 5.75 Å². The maximum atomic E-state index is 11.8. The van der Waals surface area contributed by atoms with Gasteiger partial charge >= 0.3 is 0 Å². The summed E-state index contributed by atoms with van der Waals surface area (Å²) in [5, 5.41) is 0. The maximum absolute atomic E-state index is 11.8. The first-order valence-electron chi connectivity index (χ1n) is 4.92.